The molecule has 6 rings (SSSR count). The van der Waals surface area contributed by atoms with Crippen LogP contribution in [-0.2, 0) is 32.0 Å². The van der Waals surface area contributed by atoms with E-state index in [1.165, 1.54) is 11.3 Å². The van der Waals surface area contributed by atoms with Crippen LogP contribution in [0.3, 0.4) is 0 Å². The highest BCUT2D eigenvalue weighted by atomic mass is 35.5. The fraction of sp³-hybridized carbons (Fsp3) is 0.321. The number of ether oxygens (including phenoxy) is 1. The number of halogens is 2. The number of para-hydroxylation sites is 1. The molecule has 2 aromatic carbocycles. The molecule has 0 bridgehead atoms. The van der Waals surface area contributed by atoms with Crippen LogP contribution in [0.2, 0.25) is 10.0 Å². The number of imide groups is 1. The van der Waals surface area contributed by atoms with Gasteiger partial charge in [0.25, 0.3) is 5.91 Å². The minimum Gasteiger partial charge on any atom is -0.462 e. The van der Waals surface area contributed by atoms with Crippen LogP contribution in [-0.4, -0.2) is 30.5 Å². The Kier molecular flexibility index (Phi) is 6.68. The van der Waals surface area contributed by atoms with E-state index >= 15 is 0 Å². The average Bonchev–Trinajstić information content (AvgIpc) is 3.55. The number of benzene rings is 2. The molecule has 2 saturated heterocycles. The van der Waals surface area contributed by atoms with E-state index in [0.29, 0.717) is 38.3 Å². The van der Waals surface area contributed by atoms with E-state index in [1.54, 1.807) is 30.2 Å². The van der Waals surface area contributed by atoms with E-state index in [2.05, 4.69) is 0 Å². The minimum atomic E-state index is -1.08. The van der Waals surface area contributed by atoms with Crippen LogP contribution in [0.5, 0.6) is 0 Å². The Bertz CT molecular complexity index is 1440. The largest absolute Gasteiger partial charge is 0.462 e. The maximum absolute atomic E-state index is 14.2. The Morgan fingerprint density at radius 3 is 2.58 bits per heavy atom. The molecule has 2 fully saturated rings. The number of esters is 1. The van der Waals surface area contributed by atoms with Crippen molar-refractivity contribution in [2.24, 2.45) is 5.92 Å². The van der Waals surface area contributed by atoms with Crippen LogP contribution in [0, 0.1) is 5.92 Å². The Morgan fingerprint density at radius 1 is 1.08 bits per heavy atom. The Labute approximate surface area is 233 Å². The summed E-state index contributed by atoms with van der Waals surface area (Å²) in [5.74, 6) is -2.32. The molecule has 1 aromatic heterocycles. The molecule has 0 spiro atoms. The van der Waals surface area contributed by atoms with E-state index in [1.807, 2.05) is 30.3 Å². The summed E-state index contributed by atoms with van der Waals surface area (Å²) >= 11 is 14.1. The van der Waals surface area contributed by atoms with Crippen LogP contribution in [0.1, 0.15) is 52.2 Å². The monoisotopic (exact) mass is 570 g/mol. The number of thiophene rings is 1. The lowest BCUT2D eigenvalue weighted by Crippen LogP contribution is -2.37. The van der Waals surface area contributed by atoms with E-state index < -0.39 is 35.8 Å². The van der Waals surface area contributed by atoms with Crippen molar-refractivity contribution in [3.05, 3.63) is 80.1 Å². The third kappa shape index (κ3) is 4.02. The van der Waals surface area contributed by atoms with Crippen LogP contribution in [0.4, 0.5) is 10.7 Å². The topological polar surface area (TPSA) is 76.2 Å². The molecule has 38 heavy (non-hydrogen) atoms. The number of amides is 2. The SMILES string of the molecule is CCOC(=O)c1c(N2C(=O)[C@H]3[C@@H](c4ccc(Cl)cc4Cl)N(c4ccccc4)O[C@H]3C2=O)sc2c1CCCC2. The second kappa shape index (κ2) is 10.0. The lowest BCUT2D eigenvalue weighted by molar-refractivity contribution is -0.126. The molecule has 2 amide bonds. The van der Waals surface area contributed by atoms with Gasteiger partial charge < -0.3 is 4.74 Å². The molecule has 0 N–H and O–H groups in total. The Morgan fingerprint density at radius 2 is 1.84 bits per heavy atom. The second-order valence-electron chi connectivity index (χ2n) is 9.45. The predicted octanol–water partition coefficient (Wildman–Crippen LogP) is 6.16. The summed E-state index contributed by atoms with van der Waals surface area (Å²) in [6.45, 7) is 1.93. The van der Waals surface area contributed by atoms with Crippen molar-refractivity contribution < 1.29 is 24.0 Å². The van der Waals surface area contributed by atoms with Gasteiger partial charge in [0.2, 0.25) is 5.91 Å². The molecule has 10 heteroatoms. The van der Waals surface area contributed by atoms with Gasteiger partial charge in [-0.15, -0.1) is 11.3 Å². The van der Waals surface area contributed by atoms with Crippen molar-refractivity contribution in [2.75, 3.05) is 16.6 Å². The number of rotatable bonds is 5. The molecule has 2 aliphatic heterocycles. The molecular formula is C28H24Cl2N2O5S. The van der Waals surface area contributed by atoms with Gasteiger partial charge >= 0.3 is 5.97 Å². The van der Waals surface area contributed by atoms with Crippen molar-refractivity contribution in [1.82, 2.24) is 0 Å². The first-order valence-electron chi connectivity index (χ1n) is 12.6. The van der Waals surface area contributed by atoms with E-state index in [9.17, 15) is 14.4 Å². The summed E-state index contributed by atoms with van der Waals surface area (Å²) in [5.41, 5.74) is 2.51. The molecule has 196 valence electrons. The zero-order valence-corrected chi connectivity index (χ0v) is 22.8. The van der Waals surface area contributed by atoms with Gasteiger partial charge in [-0.25, -0.2) is 14.8 Å². The van der Waals surface area contributed by atoms with Crippen LogP contribution in [0.15, 0.2) is 48.5 Å². The first-order chi connectivity index (χ1) is 18.4. The van der Waals surface area contributed by atoms with Gasteiger partial charge in [0.1, 0.15) is 10.9 Å². The highest BCUT2D eigenvalue weighted by molar-refractivity contribution is 7.17. The normalized spacial score (nSPS) is 22.6. The minimum absolute atomic E-state index is 0.197. The second-order valence-corrected chi connectivity index (χ2v) is 11.4. The fourth-order valence-corrected chi connectivity index (χ4v) is 7.50. The van der Waals surface area contributed by atoms with Gasteiger partial charge in [-0.3, -0.25) is 14.4 Å². The first kappa shape index (κ1) is 25.4. The molecule has 3 heterocycles. The highest BCUT2D eigenvalue weighted by Crippen LogP contribution is 2.51. The Hall–Kier alpha value is -2.91. The van der Waals surface area contributed by atoms with Crippen molar-refractivity contribution in [3.63, 3.8) is 0 Å². The third-order valence-electron chi connectivity index (χ3n) is 7.24. The number of carbonyl (C=O) groups is 3. The van der Waals surface area contributed by atoms with Gasteiger partial charge in [-0.05, 0) is 68.0 Å². The van der Waals surface area contributed by atoms with Gasteiger partial charge in [0, 0.05) is 14.9 Å². The summed E-state index contributed by atoms with van der Waals surface area (Å²) < 4.78 is 5.36. The molecule has 1 aliphatic carbocycles. The Balaban J connectivity index is 1.46. The van der Waals surface area contributed by atoms with Crippen LogP contribution < -0.4 is 9.96 Å². The van der Waals surface area contributed by atoms with Crippen molar-refractivity contribution >= 4 is 63.0 Å². The number of hydrogen-bond donors (Lipinski definition) is 0. The van der Waals surface area contributed by atoms with Gasteiger partial charge in [-0.2, -0.15) is 0 Å². The van der Waals surface area contributed by atoms with E-state index in [0.717, 1.165) is 34.6 Å². The molecule has 7 nitrogen and oxygen atoms in total. The number of hydrogen-bond acceptors (Lipinski definition) is 7. The number of carbonyl (C=O) groups excluding carboxylic acids is 3. The summed E-state index contributed by atoms with van der Waals surface area (Å²) in [6, 6.07) is 13.6. The van der Waals surface area contributed by atoms with Crippen molar-refractivity contribution in [2.45, 2.75) is 44.8 Å². The summed E-state index contributed by atoms with van der Waals surface area (Å²) in [7, 11) is 0. The number of fused-ring (bicyclic) bond motifs is 2. The number of hydroxylamine groups is 1. The average molecular weight is 571 g/mol. The quantitative estimate of drug-likeness (QED) is 0.270. The van der Waals surface area contributed by atoms with E-state index in [-0.39, 0.29) is 6.61 Å². The van der Waals surface area contributed by atoms with Crippen LogP contribution >= 0.6 is 34.5 Å². The first-order valence-corrected chi connectivity index (χ1v) is 14.1. The molecule has 0 radical (unpaired) electrons. The molecule has 0 saturated carbocycles. The molecule has 0 unspecified atom stereocenters. The molecule has 3 aliphatic rings. The molecule has 3 aromatic rings. The van der Waals surface area contributed by atoms with Crippen molar-refractivity contribution in [3.8, 4) is 0 Å². The fourth-order valence-electron chi connectivity index (χ4n) is 5.59. The standard InChI is InChI=1S/C28H24Cl2N2O5S/c1-2-36-28(35)21-18-10-6-7-11-20(18)38-27(21)31-25(33)22-23(17-13-12-15(29)14-19(17)30)32(37-24(22)26(31)34)16-8-4-3-5-9-16/h3-5,8-9,12-14,22-24H,2,6-7,10-11H2,1H3/t22-,23+,24+/m0/s1. The lowest BCUT2D eigenvalue weighted by atomic mass is 9.90. The number of aryl methyl sites for hydroxylation is 1. The number of anilines is 2. The molecular weight excluding hydrogens is 547 g/mol. The third-order valence-corrected chi connectivity index (χ3v) is 9.08. The summed E-state index contributed by atoms with van der Waals surface area (Å²) in [6.07, 6.45) is 2.37. The van der Waals surface area contributed by atoms with Gasteiger partial charge in [0.05, 0.1) is 23.9 Å². The summed E-state index contributed by atoms with van der Waals surface area (Å²) in [5, 5.41) is 2.74. The molecule has 3 atom stereocenters. The van der Waals surface area contributed by atoms with Gasteiger partial charge in [-0.1, -0.05) is 47.5 Å². The predicted molar refractivity (Wildman–Crippen MR) is 146 cm³/mol. The number of nitrogens with zero attached hydrogens (tertiary/aromatic N) is 2. The maximum Gasteiger partial charge on any atom is 0.341 e. The zero-order valence-electron chi connectivity index (χ0n) is 20.5. The smallest absolute Gasteiger partial charge is 0.341 e. The lowest BCUT2D eigenvalue weighted by Gasteiger charge is -2.29. The van der Waals surface area contributed by atoms with Crippen molar-refractivity contribution in [1.29, 1.82) is 0 Å². The maximum atomic E-state index is 14.2. The highest BCUT2D eigenvalue weighted by Gasteiger charge is 2.61. The van der Waals surface area contributed by atoms with E-state index in [4.69, 9.17) is 32.8 Å². The van der Waals surface area contributed by atoms with Gasteiger partial charge in [0.15, 0.2) is 6.10 Å². The van der Waals surface area contributed by atoms with Crippen LogP contribution in [0.25, 0.3) is 0 Å². The zero-order chi connectivity index (χ0) is 26.6. The summed E-state index contributed by atoms with van der Waals surface area (Å²) in [4.78, 5) is 49.5.